The topological polar surface area (TPSA) is 106 Å². The van der Waals surface area contributed by atoms with Crippen LogP contribution in [0.25, 0.3) is 11.3 Å². The number of nitrogens with zero attached hydrogens (tertiary/aromatic N) is 4. The summed E-state index contributed by atoms with van der Waals surface area (Å²) in [4.78, 5) is 14.5. The Hall–Kier alpha value is -3.57. The zero-order valence-corrected chi connectivity index (χ0v) is 17.3. The van der Waals surface area contributed by atoms with E-state index in [0.29, 0.717) is 54.4 Å². The third-order valence-electron chi connectivity index (χ3n) is 5.31. The molecule has 1 aliphatic rings. The zero-order chi connectivity index (χ0) is 22.9. The molecule has 0 unspecified atom stereocenters. The summed E-state index contributed by atoms with van der Waals surface area (Å²) < 4.78 is 53.4. The van der Waals surface area contributed by atoms with Crippen LogP contribution < -0.4 is 9.47 Å². The third kappa shape index (κ3) is 4.25. The number of benzene rings is 1. The fourth-order valence-corrected chi connectivity index (χ4v) is 3.60. The number of aromatic amines is 1. The van der Waals surface area contributed by atoms with Gasteiger partial charge in [0.15, 0.2) is 0 Å². The molecular weight excluding hydrogens is 431 g/mol. The maximum Gasteiger partial charge on any atom is 0.470 e. The first kappa shape index (κ1) is 21.7. The Morgan fingerprint density at radius 2 is 1.91 bits per heavy atom. The zero-order valence-electron chi connectivity index (χ0n) is 17.3. The summed E-state index contributed by atoms with van der Waals surface area (Å²) in [6.07, 6.45) is -3.85. The summed E-state index contributed by atoms with van der Waals surface area (Å²) in [5, 5.41) is 13.6. The summed E-state index contributed by atoms with van der Waals surface area (Å²) in [6.45, 7) is 0.675. The SMILES string of the molecule is COc1ccc(OC)c(-c2cc(C(=O)N3CCC(c4nnc(C(F)(F)F)o4)CC3)[nH]n2)c1. The van der Waals surface area contributed by atoms with Gasteiger partial charge in [-0.05, 0) is 37.1 Å². The number of carbonyl (C=O) groups is 1. The Bertz CT molecular complexity index is 1100. The molecule has 2 aromatic heterocycles. The molecule has 0 saturated carbocycles. The fourth-order valence-electron chi connectivity index (χ4n) is 3.60. The van der Waals surface area contributed by atoms with E-state index in [9.17, 15) is 18.0 Å². The van der Waals surface area contributed by atoms with E-state index in [1.54, 1.807) is 36.3 Å². The smallest absolute Gasteiger partial charge is 0.470 e. The highest BCUT2D eigenvalue weighted by molar-refractivity contribution is 5.93. The van der Waals surface area contributed by atoms with E-state index < -0.39 is 12.1 Å². The van der Waals surface area contributed by atoms with Crippen molar-refractivity contribution in [1.82, 2.24) is 25.3 Å². The van der Waals surface area contributed by atoms with Crippen LogP contribution in [0.5, 0.6) is 11.5 Å². The van der Waals surface area contributed by atoms with Crippen molar-refractivity contribution < 1.29 is 31.9 Å². The van der Waals surface area contributed by atoms with Crippen LogP contribution in [0, 0.1) is 0 Å². The summed E-state index contributed by atoms with van der Waals surface area (Å²) in [6, 6.07) is 6.89. The number of piperidine rings is 1. The standard InChI is InChI=1S/C20H20F3N5O4/c1-30-12-3-4-16(31-2)13(9-12)14-10-15(25-24-14)18(29)28-7-5-11(6-8-28)17-26-27-19(32-17)20(21,22)23/h3-4,9-11H,5-8H2,1-2H3,(H,24,25). The lowest BCUT2D eigenvalue weighted by Gasteiger charge is -2.30. The van der Waals surface area contributed by atoms with Crippen LogP contribution in [0.3, 0.4) is 0 Å². The maximum atomic E-state index is 12.9. The second-order valence-corrected chi connectivity index (χ2v) is 7.24. The number of ether oxygens (including phenoxy) is 2. The molecule has 12 heteroatoms. The van der Waals surface area contributed by atoms with Crippen molar-refractivity contribution in [3.05, 3.63) is 41.7 Å². The monoisotopic (exact) mass is 451 g/mol. The molecule has 0 atom stereocenters. The average Bonchev–Trinajstić information content (AvgIpc) is 3.48. The number of likely N-dealkylation sites (tertiary alicyclic amines) is 1. The number of rotatable bonds is 5. The molecule has 0 spiro atoms. The van der Waals surface area contributed by atoms with Crippen LogP contribution in [-0.4, -0.2) is 58.5 Å². The van der Waals surface area contributed by atoms with E-state index in [0.717, 1.165) is 0 Å². The summed E-state index contributed by atoms with van der Waals surface area (Å²) in [5.74, 6) is -0.808. The van der Waals surface area contributed by atoms with E-state index in [4.69, 9.17) is 13.9 Å². The molecule has 3 heterocycles. The van der Waals surface area contributed by atoms with Gasteiger partial charge in [0.2, 0.25) is 5.89 Å². The van der Waals surface area contributed by atoms with Gasteiger partial charge in [-0.3, -0.25) is 9.89 Å². The van der Waals surface area contributed by atoms with Crippen LogP contribution >= 0.6 is 0 Å². The minimum Gasteiger partial charge on any atom is -0.497 e. The van der Waals surface area contributed by atoms with Crippen LogP contribution in [0.15, 0.2) is 28.7 Å². The number of nitrogens with one attached hydrogen (secondary N) is 1. The number of aromatic nitrogens is 4. The molecule has 1 amide bonds. The predicted molar refractivity (Wildman–Crippen MR) is 104 cm³/mol. The lowest BCUT2D eigenvalue weighted by Crippen LogP contribution is -2.38. The lowest BCUT2D eigenvalue weighted by molar-refractivity contribution is -0.157. The highest BCUT2D eigenvalue weighted by atomic mass is 19.4. The van der Waals surface area contributed by atoms with Crippen molar-refractivity contribution in [3.8, 4) is 22.8 Å². The number of H-pyrrole nitrogens is 1. The van der Waals surface area contributed by atoms with Gasteiger partial charge in [0.25, 0.3) is 5.91 Å². The van der Waals surface area contributed by atoms with Gasteiger partial charge in [-0.25, -0.2) is 0 Å². The van der Waals surface area contributed by atoms with Gasteiger partial charge in [-0.2, -0.15) is 18.3 Å². The van der Waals surface area contributed by atoms with Crippen molar-refractivity contribution in [2.75, 3.05) is 27.3 Å². The number of halogens is 3. The van der Waals surface area contributed by atoms with Crippen LogP contribution in [-0.2, 0) is 6.18 Å². The molecule has 0 radical (unpaired) electrons. The number of methoxy groups -OCH3 is 2. The van der Waals surface area contributed by atoms with Gasteiger partial charge in [0.1, 0.15) is 17.2 Å². The minimum atomic E-state index is -4.67. The number of hydrogen-bond donors (Lipinski definition) is 1. The van der Waals surface area contributed by atoms with E-state index in [1.807, 2.05) is 0 Å². The number of carbonyl (C=O) groups excluding carboxylic acids is 1. The molecular formula is C20H20F3N5O4. The van der Waals surface area contributed by atoms with Crippen molar-refractivity contribution >= 4 is 5.91 Å². The molecule has 1 saturated heterocycles. The number of amides is 1. The number of hydrogen-bond acceptors (Lipinski definition) is 7. The van der Waals surface area contributed by atoms with E-state index in [2.05, 4.69) is 20.4 Å². The average molecular weight is 451 g/mol. The molecule has 3 aromatic rings. The van der Waals surface area contributed by atoms with Gasteiger partial charge in [0.05, 0.1) is 19.9 Å². The van der Waals surface area contributed by atoms with Gasteiger partial charge in [-0.15, -0.1) is 10.2 Å². The quantitative estimate of drug-likeness (QED) is 0.633. The van der Waals surface area contributed by atoms with Gasteiger partial charge in [-0.1, -0.05) is 0 Å². The molecule has 9 nitrogen and oxygen atoms in total. The van der Waals surface area contributed by atoms with Crippen molar-refractivity contribution in [3.63, 3.8) is 0 Å². The molecule has 1 aromatic carbocycles. The first-order valence-electron chi connectivity index (χ1n) is 9.78. The van der Waals surface area contributed by atoms with Gasteiger partial charge in [0, 0.05) is 24.6 Å². The Balaban J connectivity index is 1.44. The first-order chi connectivity index (χ1) is 15.3. The van der Waals surface area contributed by atoms with Gasteiger partial charge >= 0.3 is 12.1 Å². The molecule has 32 heavy (non-hydrogen) atoms. The maximum absolute atomic E-state index is 12.9. The third-order valence-corrected chi connectivity index (χ3v) is 5.31. The first-order valence-corrected chi connectivity index (χ1v) is 9.78. The normalized spacial score (nSPS) is 15.1. The van der Waals surface area contributed by atoms with Crippen LogP contribution in [0.4, 0.5) is 13.2 Å². The van der Waals surface area contributed by atoms with E-state index >= 15 is 0 Å². The van der Waals surface area contributed by atoms with E-state index in [1.165, 1.54) is 7.11 Å². The fraction of sp³-hybridized carbons (Fsp3) is 0.400. The highest BCUT2D eigenvalue weighted by Crippen LogP contribution is 2.34. The van der Waals surface area contributed by atoms with Crippen molar-refractivity contribution in [1.29, 1.82) is 0 Å². The highest BCUT2D eigenvalue weighted by Gasteiger charge is 2.39. The Morgan fingerprint density at radius 3 is 2.53 bits per heavy atom. The molecule has 0 aliphatic carbocycles. The molecule has 0 bridgehead atoms. The minimum absolute atomic E-state index is 0.0571. The van der Waals surface area contributed by atoms with Crippen molar-refractivity contribution in [2.24, 2.45) is 0 Å². The number of alkyl halides is 3. The molecule has 1 aliphatic heterocycles. The molecule has 1 fully saturated rings. The largest absolute Gasteiger partial charge is 0.497 e. The second kappa shape index (κ2) is 8.52. The summed E-state index contributed by atoms with van der Waals surface area (Å²) >= 11 is 0. The molecule has 170 valence electrons. The molecule has 4 rings (SSSR count). The lowest BCUT2D eigenvalue weighted by atomic mass is 9.96. The van der Waals surface area contributed by atoms with Crippen LogP contribution in [0.2, 0.25) is 0 Å². The second-order valence-electron chi connectivity index (χ2n) is 7.24. The van der Waals surface area contributed by atoms with Gasteiger partial charge < -0.3 is 18.8 Å². The predicted octanol–water partition coefficient (Wildman–Crippen LogP) is 3.52. The Labute approximate surface area is 180 Å². The Kier molecular flexibility index (Phi) is 5.76. The summed E-state index contributed by atoms with van der Waals surface area (Å²) in [5.41, 5.74) is 1.47. The summed E-state index contributed by atoms with van der Waals surface area (Å²) in [7, 11) is 3.09. The van der Waals surface area contributed by atoms with Crippen LogP contribution in [0.1, 0.15) is 41.0 Å². The Morgan fingerprint density at radius 1 is 1.16 bits per heavy atom. The van der Waals surface area contributed by atoms with E-state index in [-0.39, 0.29) is 17.7 Å². The van der Waals surface area contributed by atoms with Crippen molar-refractivity contribution in [2.45, 2.75) is 24.9 Å². The molecule has 1 N–H and O–H groups in total.